The molecule has 0 aromatic heterocycles. The largest absolute Gasteiger partial charge is 0.381 e. The van der Waals surface area contributed by atoms with Crippen molar-refractivity contribution in [2.24, 2.45) is 10.1 Å². The molecule has 1 aromatic rings. The van der Waals surface area contributed by atoms with Gasteiger partial charge in [0.25, 0.3) is 0 Å². The molecule has 0 amide bonds. The van der Waals surface area contributed by atoms with E-state index in [2.05, 4.69) is 26.2 Å². The molecule has 0 fully saturated rings. The molecule has 0 aliphatic carbocycles. The van der Waals surface area contributed by atoms with Gasteiger partial charge in [-0.15, -0.1) is 0 Å². The Kier molecular flexibility index (Phi) is 7.38. The topological polar surface area (TPSA) is 60.8 Å². The summed E-state index contributed by atoms with van der Waals surface area (Å²) in [6.45, 7) is 0.500. The summed E-state index contributed by atoms with van der Waals surface area (Å²) in [6, 6.07) is 7.82. The minimum atomic E-state index is 0.477. The van der Waals surface area contributed by atoms with E-state index in [1.165, 1.54) is 0 Å². The van der Waals surface area contributed by atoms with Gasteiger partial charge < -0.3 is 10.6 Å². The second-order valence-electron chi connectivity index (χ2n) is 3.76. The van der Waals surface area contributed by atoms with Crippen LogP contribution in [0.5, 0.6) is 0 Å². The number of nitrogens with one attached hydrogen (secondary N) is 3. The number of thiocarbonyl (C=S) groups is 2. The maximum Gasteiger partial charge on any atom is 0.186 e. The van der Waals surface area contributed by atoms with Crippen LogP contribution in [0.4, 0.5) is 0 Å². The Morgan fingerprint density at radius 2 is 1.65 bits per heavy atom. The van der Waals surface area contributed by atoms with Crippen molar-refractivity contribution >= 4 is 47.0 Å². The molecule has 0 spiro atoms. The van der Waals surface area contributed by atoms with E-state index in [4.69, 9.17) is 24.4 Å². The minimum Gasteiger partial charge on any atom is -0.381 e. The van der Waals surface area contributed by atoms with Gasteiger partial charge in [-0.3, -0.25) is 10.4 Å². The number of nitrogens with zero attached hydrogens (tertiary/aromatic N) is 2. The Hall–Kier alpha value is -1.86. The van der Waals surface area contributed by atoms with Gasteiger partial charge in [0.05, 0.1) is 17.7 Å². The fraction of sp³-hybridized carbons (Fsp3) is 0.231. The summed E-state index contributed by atoms with van der Waals surface area (Å²) in [5, 5.41) is 10.1. The van der Waals surface area contributed by atoms with Crippen molar-refractivity contribution in [3.05, 3.63) is 35.4 Å². The zero-order valence-corrected chi connectivity index (χ0v) is 13.0. The smallest absolute Gasteiger partial charge is 0.186 e. The van der Waals surface area contributed by atoms with Crippen molar-refractivity contribution in [3.63, 3.8) is 0 Å². The van der Waals surface area contributed by atoms with Crippen LogP contribution >= 0.6 is 24.4 Å². The van der Waals surface area contributed by atoms with Gasteiger partial charge in [0.15, 0.2) is 5.11 Å². The molecule has 0 saturated heterocycles. The van der Waals surface area contributed by atoms with Crippen LogP contribution in [0.3, 0.4) is 0 Å². The van der Waals surface area contributed by atoms with Crippen molar-refractivity contribution in [1.82, 2.24) is 16.1 Å². The first-order valence-corrected chi connectivity index (χ1v) is 6.78. The van der Waals surface area contributed by atoms with Crippen molar-refractivity contribution < 1.29 is 0 Å². The third-order valence-corrected chi connectivity index (χ3v) is 2.93. The van der Waals surface area contributed by atoms with Crippen LogP contribution < -0.4 is 16.1 Å². The minimum absolute atomic E-state index is 0.477. The highest BCUT2D eigenvalue weighted by Crippen LogP contribution is 2.00. The molecule has 3 N–H and O–H groups in total. The van der Waals surface area contributed by atoms with E-state index in [-0.39, 0.29) is 0 Å². The van der Waals surface area contributed by atoms with Crippen LogP contribution in [0.1, 0.15) is 11.1 Å². The lowest BCUT2D eigenvalue weighted by molar-refractivity contribution is 0.982. The normalized spacial score (nSPS) is 10.7. The molecule has 7 heteroatoms. The molecule has 0 bridgehead atoms. The summed E-state index contributed by atoms with van der Waals surface area (Å²) in [5.74, 6) is 0. The van der Waals surface area contributed by atoms with Crippen molar-refractivity contribution in [3.8, 4) is 0 Å². The second kappa shape index (κ2) is 9.11. The van der Waals surface area contributed by atoms with Gasteiger partial charge in [0.1, 0.15) is 0 Å². The molecule has 0 saturated carbocycles. The maximum absolute atomic E-state index is 5.01. The van der Waals surface area contributed by atoms with Crippen molar-refractivity contribution in [1.29, 1.82) is 0 Å². The van der Waals surface area contributed by atoms with Gasteiger partial charge in [0, 0.05) is 20.3 Å². The molecular formula is C13H17N5S2. The zero-order chi connectivity index (χ0) is 14.8. The standard InChI is InChI=1S/C13H17N5S2/c1-14-12(19)9-16-7-10-3-5-11(6-4-10)8-17-18-13(20)15-2/h3-8H,9H2,1-2H3,(H,14,19)(H2,15,18,20)/b16-7?,17-8+. The fourth-order valence-electron chi connectivity index (χ4n) is 1.20. The summed E-state index contributed by atoms with van der Waals surface area (Å²) in [6.07, 6.45) is 3.49. The van der Waals surface area contributed by atoms with E-state index in [0.29, 0.717) is 11.7 Å². The molecule has 106 valence electrons. The van der Waals surface area contributed by atoms with Crippen LogP contribution in [0.2, 0.25) is 0 Å². The quantitative estimate of drug-likeness (QED) is 0.432. The Bertz CT molecular complexity index is 461. The van der Waals surface area contributed by atoms with Crippen LogP contribution in [-0.4, -0.2) is 43.2 Å². The molecular weight excluding hydrogens is 290 g/mol. The van der Waals surface area contributed by atoms with Crippen LogP contribution in [0.25, 0.3) is 0 Å². The lowest BCUT2D eigenvalue weighted by Gasteiger charge is -2.00. The average Bonchev–Trinajstić information content (AvgIpc) is 2.48. The van der Waals surface area contributed by atoms with E-state index >= 15 is 0 Å². The molecule has 1 rings (SSSR count). The first-order chi connectivity index (χ1) is 9.65. The monoisotopic (exact) mass is 307 g/mol. The SMILES string of the molecule is CNC(=S)CN=Cc1ccc(/C=N/NC(=S)NC)cc1. The van der Waals surface area contributed by atoms with E-state index in [1.54, 1.807) is 26.5 Å². The number of aliphatic imine (C=N–C) groups is 1. The number of hydrogen-bond acceptors (Lipinski definition) is 4. The third-order valence-electron chi connectivity index (χ3n) is 2.30. The van der Waals surface area contributed by atoms with E-state index < -0.39 is 0 Å². The van der Waals surface area contributed by atoms with Gasteiger partial charge in [0.2, 0.25) is 0 Å². The molecule has 0 aliphatic rings. The third kappa shape index (κ3) is 6.35. The highest BCUT2D eigenvalue weighted by Gasteiger charge is 1.91. The number of likely N-dealkylation sites (N-methyl/N-ethyl adjacent to an activating group) is 1. The van der Waals surface area contributed by atoms with E-state index in [9.17, 15) is 0 Å². The number of benzene rings is 1. The molecule has 0 unspecified atom stereocenters. The molecule has 0 radical (unpaired) electrons. The summed E-state index contributed by atoms with van der Waals surface area (Å²) >= 11 is 9.91. The van der Waals surface area contributed by atoms with Gasteiger partial charge in [-0.05, 0) is 23.3 Å². The molecule has 5 nitrogen and oxygen atoms in total. The predicted octanol–water partition coefficient (Wildman–Crippen LogP) is 1.08. The maximum atomic E-state index is 5.01. The fourth-order valence-corrected chi connectivity index (χ4v) is 1.33. The van der Waals surface area contributed by atoms with E-state index in [0.717, 1.165) is 16.1 Å². The van der Waals surface area contributed by atoms with Gasteiger partial charge in [-0.2, -0.15) is 5.10 Å². The lowest BCUT2D eigenvalue weighted by atomic mass is 10.2. The summed E-state index contributed by atoms with van der Waals surface area (Å²) in [5.41, 5.74) is 4.68. The first kappa shape index (κ1) is 16.2. The van der Waals surface area contributed by atoms with Crippen molar-refractivity contribution in [2.45, 2.75) is 0 Å². The highest BCUT2D eigenvalue weighted by atomic mass is 32.1. The molecule has 0 aliphatic heterocycles. The lowest BCUT2D eigenvalue weighted by Crippen LogP contribution is -2.28. The van der Waals surface area contributed by atoms with Gasteiger partial charge in [-0.1, -0.05) is 36.5 Å². The van der Waals surface area contributed by atoms with Crippen LogP contribution in [0.15, 0.2) is 34.4 Å². The second-order valence-corrected chi connectivity index (χ2v) is 4.66. The molecule has 1 aromatic carbocycles. The molecule has 0 heterocycles. The van der Waals surface area contributed by atoms with E-state index in [1.807, 2.05) is 24.3 Å². The number of rotatable bonds is 5. The van der Waals surface area contributed by atoms with Crippen molar-refractivity contribution in [2.75, 3.05) is 20.6 Å². The Balaban J connectivity index is 2.51. The van der Waals surface area contributed by atoms with Gasteiger partial charge in [-0.25, -0.2) is 0 Å². The number of hydrazone groups is 1. The Labute approximate surface area is 129 Å². The van der Waals surface area contributed by atoms with Crippen LogP contribution in [-0.2, 0) is 0 Å². The van der Waals surface area contributed by atoms with Gasteiger partial charge >= 0.3 is 0 Å². The number of hydrogen-bond donors (Lipinski definition) is 3. The summed E-state index contributed by atoms with van der Waals surface area (Å²) in [4.78, 5) is 4.96. The molecule has 0 atom stereocenters. The Morgan fingerprint density at radius 3 is 2.20 bits per heavy atom. The Morgan fingerprint density at radius 1 is 1.05 bits per heavy atom. The molecule has 20 heavy (non-hydrogen) atoms. The summed E-state index contributed by atoms with van der Waals surface area (Å²) in [7, 11) is 3.53. The first-order valence-electron chi connectivity index (χ1n) is 5.97. The highest BCUT2D eigenvalue weighted by molar-refractivity contribution is 7.80. The average molecular weight is 307 g/mol. The zero-order valence-electron chi connectivity index (χ0n) is 11.4. The van der Waals surface area contributed by atoms with Crippen LogP contribution in [0, 0.1) is 0 Å². The summed E-state index contributed by atoms with van der Waals surface area (Å²) < 4.78 is 0. The predicted molar refractivity (Wildman–Crippen MR) is 92.9 cm³/mol.